The molecule has 3 nitrogen and oxygen atoms in total. The molecule has 1 atom stereocenters. The second-order valence-electron chi connectivity index (χ2n) is 6.55. The van der Waals surface area contributed by atoms with Crippen molar-refractivity contribution in [1.82, 2.24) is 4.90 Å². The Labute approximate surface area is 115 Å². The Balaban J connectivity index is 1.64. The largest absolute Gasteiger partial charge is 0.373 e. The number of anilines is 1. The summed E-state index contributed by atoms with van der Waals surface area (Å²) in [7, 11) is 0. The van der Waals surface area contributed by atoms with Crippen LogP contribution in [-0.4, -0.2) is 29.9 Å². The lowest BCUT2D eigenvalue weighted by atomic mass is 9.82. The summed E-state index contributed by atoms with van der Waals surface area (Å²) in [5.41, 5.74) is 2.78. The Hall–Kier alpha value is -1.51. The van der Waals surface area contributed by atoms with E-state index in [9.17, 15) is 4.79 Å². The Bertz CT molecular complexity index is 460. The highest BCUT2D eigenvalue weighted by molar-refractivity contribution is 5.87. The van der Waals surface area contributed by atoms with E-state index in [-0.39, 0.29) is 11.9 Å². The summed E-state index contributed by atoms with van der Waals surface area (Å²) in [5, 5.41) is 3.36. The lowest BCUT2D eigenvalue weighted by Crippen LogP contribution is -2.47. The molecule has 0 saturated carbocycles. The van der Waals surface area contributed by atoms with E-state index in [4.69, 9.17) is 0 Å². The summed E-state index contributed by atoms with van der Waals surface area (Å²) < 4.78 is 0. The zero-order valence-corrected chi connectivity index (χ0v) is 11.8. The zero-order valence-electron chi connectivity index (χ0n) is 11.8. The van der Waals surface area contributed by atoms with Crippen molar-refractivity contribution in [3.8, 4) is 0 Å². The average molecular weight is 258 g/mol. The van der Waals surface area contributed by atoms with Crippen LogP contribution >= 0.6 is 0 Å². The van der Waals surface area contributed by atoms with Crippen molar-refractivity contribution in [1.29, 1.82) is 0 Å². The van der Waals surface area contributed by atoms with Crippen molar-refractivity contribution in [3.63, 3.8) is 0 Å². The van der Waals surface area contributed by atoms with Crippen LogP contribution in [0.2, 0.25) is 0 Å². The molecule has 0 spiro atoms. The van der Waals surface area contributed by atoms with Gasteiger partial charge in [0.1, 0.15) is 6.04 Å². The molecule has 1 amide bonds. The van der Waals surface area contributed by atoms with Gasteiger partial charge in [0.2, 0.25) is 5.91 Å². The van der Waals surface area contributed by atoms with Crippen LogP contribution in [-0.2, 0) is 11.2 Å². The smallest absolute Gasteiger partial charge is 0.245 e. The lowest BCUT2D eigenvalue weighted by molar-refractivity contribution is -0.133. The lowest BCUT2D eigenvalue weighted by Gasteiger charge is -2.38. The van der Waals surface area contributed by atoms with E-state index in [1.54, 1.807) is 0 Å². The number of carbonyl (C=O) groups excluding carboxylic acids is 1. The van der Waals surface area contributed by atoms with E-state index in [1.807, 2.05) is 17.0 Å². The minimum Gasteiger partial charge on any atom is -0.373 e. The highest BCUT2D eigenvalue weighted by Crippen LogP contribution is 2.31. The molecule has 2 aliphatic heterocycles. The molecule has 0 aliphatic carbocycles. The van der Waals surface area contributed by atoms with E-state index < -0.39 is 0 Å². The molecule has 1 aromatic carbocycles. The van der Waals surface area contributed by atoms with Crippen LogP contribution in [0, 0.1) is 5.41 Å². The van der Waals surface area contributed by atoms with E-state index in [2.05, 4.69) is 31.3 Å². The number of para-hydroxylation sites is 1. The third-order valence-electron chi connectivity index (χ3n) is 4.50. The van der Waals surface area contributed by atoms with Crippen molar-refractivity contribution < 1.29 is 4.79 Å². The number of amides is 1. The minimum atomic E-state index is -0.0568. The number of hydrogen-bond donors (Lipinski definition) is 1. The number of fused-ring (bicyclic) bond motifs is 1. The molecular formula is C16H22N2O. The number of hydrogen-bond acceptors (Lipinski definition) is 2. The molecule has 1 fully saturated rings. The van der Waals surface area contributed by atoms with E-state index in [0.29, 0.717) is 5.41 Å². The second-order valence-corrected chi connectivity index (χ2v) is 6.55. The van der Waals surface area contributed by atoms with Crippen molar-refractivity contribution in [2.24, 2.45) is 5.41 Å². The van der Waals surface area contributed by atoms with Crippen molar-refractivity contribution in [3.05, 3.63) is 29.8 Å². The van der Waals surface area contributed by atoms with E-state index >= 15 is 0 Å². The highest BCUT2D eigenvalue weighted by atomic mass is 16.2. The Morgan fingerprint density at radius 2 is 1.95 bits per heavy atom. The molecule has 2 heterocycles. The molecule has 1 saturated heterocycles. The molecule has 2 aliphatic rings. The van der Waals surface area contributed by atoms with Gasteiger partial charge in [-0.2, -0.15) is 0 Å². The summed E-state index contributed by atoms with van der Waals surface area (Å²) in [4.78, 5) is 14.6. The number of rotatable bonds is 1. The first-order valence-electron chi connectivity index (χ1n) is 7.18. The van der Waals surface area contributed by atoms with Gasteiger partial charge in [-0.1, -0.05) is 32.0 Å². The maximum atomic E-state index is 12.5. The summed E-state index contributed by atoms with van der Waals surface area (Å²) in [6.07, 6.45) is 3.05. The normalized spacial score (nSPS) is 24.7. The maximum Gasteiger partial charge on any atom is 0.245 e. The highest BCUT2D eigenvalue weighted by Gasteiger charge is 2.33. The summed E-state index contributed by atoms with van der Waals surface area (Å²) in [5.74, 6) is 0.270. The van der Waals surface area contributed by atoms with Gasteiger partial charge in [0.15, 0.2) is 0 Å². The van der Waals surface area contributed by atoms with Crippen molar-refractivity contribution in [2.75, 3.05) is 18.4 Å². The third-order valence-corrected chi connectivity index (χ3v) is 4.50. The molecule has 102 valence electrons. The van der Waals surface area contributed by atoms with Crippen LogP contribution in [0.1, 0.15) is 32.3 Å². The zero-order chi connectivity index (χ0) is 13.5. The van der Waals surface area contributed by atoms with E-state index in [0.717, 1.165) is 38.0 Å². The first kappa shape index (κ1) is 12.5. The Morgan fingerprint density at radius 3 is 2.63 bits per heavy atom. The van der Waals surface area contributed by atoms with Crippen LogP contribution in [0.25, 0.3) is 0 Å². The number of nitrogens with zero attached hydrogens (tertiary/aromatic N) is 1. The number of benzene rings is 1. The number of nitrogens with one attached hydrogen (secondary N) is 1. The molecule has 19 heavy (non-hydrogen) atoms. The van der Waals surface area contributed by atoms with Crippen LogP contribution in [0.15, 0.2) is 24.3 Å². The first-order valence-corrected chi connectivity index (χ1v) is 7.18. The summed E-state index contributed by atoms with van der Waals surface area (Å²) in [6, 6.07) is 8.16. The van der Waals surface area contributed by atoms with Gasteiger partial charge in [0, 0.05) is 25.2 Å². The monoisotopic (exact) mass is 258 g/mol. The topological polar surface area (TPSA) is 32.3 Å². The molecule has 1 unspecified atom stereocenters. The quantitative estimate of drug-likeness (QED) is 0.840. The van der Waals surface area contributed by atoms with Crippen LogP contribution in [0.5, 0.6) is 0 Å². The van der Waals surface area contributed by atoms with Crippen LogP contribution < -0.4 is 5.32 Å². The van der Waals surface area contributed by atoms with Gasteiger partial charge < -0.3 is 10.2 Å². The summed E-state index contributed by atoms with van der Waals surface area (Å²) in [6.45, 7) is 6.39. The van der Waals surface area contributed by atoms with Gasteiger partial charge in [-0.05, 0) is 29.9 Å². The van der Waals surface area contributed by atoms with Crippen LogP contribution in [0.4, 0.5) is 5.69 Å². The van der Waals surface area contributed by atoms with Gasteiger partial charge in [0.05, 0.1) is 0 Å². The Kier molecular flexibility index (Phi) is 3.00. The average Bonchev–Trinajstić information content (AvgIpc) is 2.81. The summed E-state index contributed by atoms with van der Waals surface area (Å²) >= 11 is 0. The standard InChI is InChI=1S/C16H22N2O/c1-16(2)7-9-18(10-8-16)15(19)14-11-12-5-3-4-6-13(12)17-14/h3-6,14,17H,7-11H2,1-2H3. The molecular weight excluding hydrogens is 236 g/mol. The van der Waals surface area contributed by atoms with Crippen molar-refractivity contribution in [2.45, 2.75) is 39.2 Å². The number of piperidine rings is 1. The van der Waals surface area contributed by atoms with E-state index in [1.165, 1.54) is 5.56 Å². The first-order chi connectivity index (χ1) is 9.05. The predicted octanol–water partition coefficient (Wildman–Crippen LogP) is 2.67. The van der Waals surface area contributed by atoms with Gasteiger partial charge in [0.25, 0.3) is 0 Å². The molecule has 0 aromatic heterocycles. The van der Waals surface area contributed by atoms with Gasteiger partial charge in [-0.3, -0.25) is 4.79 Å². The predicted molar refractivity (Wildman–Crippen MR) is 77.2 cm³/mol. The van der Waals surface area contributed by atoms with Crippen molar-refractivity contribution >= 4 is 11.6 Å². The third kappa shape index (κ3) is 2.46. The minimum absolute atomic E-state index is 0.0568. The maximum absolute atomic E-state index is 12.5. The fraction of sp³-hybridized carbons (Fsp3) is 0.562. The SMILES string of the molecule is CC1(C)CCN(C(=O)C2Cc3ccccc3N2)CC1. The van der Waals surface area contributed by atoms with Gasteiger partial charge in [-0.25, -0.2) is 0 Å². The number of likely N-dealkylation sites (tertiary alicyclic amines) is 1. The number of carbonyl (C=O) groups is 1. The molecule has 1 aromatic rings. The molecule has 1 N–H and O–H groups in total. The van der Waals surface area contributed by atoms with Gasteiger partial charge >= 0.3 is 0 Å². The molecule has 3 heteroatoms. The Morgan fingerprint density at radius 1 is 1.26 bits per heavy atom. The fourth-order valence-electron chi connectivity index (χ4n) is 3.00. The molecule has 0 radical (unpaired) electrons. The van der Waals surface area contributed by atoms with Crippen LogP contribution in [0.3, 0.4) is 0 Å². The van der Waals surface area contributed by atoms with Gasteiger partial charge in [-0.15, -0.1) is 0 Å². The molecule has 3 rings (SSSR count). The fourth-order valence-corrected chi connectivity index (χ4v) is 3.00. The second kappa shape index (κ2) is 4.55. The molecule has 0 bridgehead atoms.